The zero-order valence-electron chi connectivity index (χ0n) is 11.1. The molecule has 1 aliphatic heterocycles. The number of hydrogen-bond acceptors (Lipinski definition) is 3. The number of benzene rings is 1. The Labute approximate surface area is 130 Å². The van der Waals surface area contributed by atoms with Crippen LogP contribution >= 0.6 is 31.9 Å². The monoisotopic (exact) mass is 388 g/mol. The number of nitrogens with zero attached hydrogens (tertiary/aromatic N) is 2. The Morgan fingerprint density at radius 2 is 1.89 bits per heavy atom. The predicted molar refractivity (Wildman–Crippen MR) is 85.7 cm³/mol. The number of aromatic hydroxyl groups is 1. The van der Waals surface area contributed by atoms with Gasteiger partial charge in [-0.15, -0.1) is 0 Å². The second kappa shape index (κ2) is 6.27. The largest absolute Gasteiger partial charge is 0.506 e. The van der Waals surface area contributed by atoms with Gasteiger partial charge in [-0.25, -0.2) is 0 Å². The molecule has 1 fully saturated rings. The molecular formula is C14H18Br2N2O. The number of phenolic OH excluding ortho intramolecular Hbond substituents is 1. The third-order valence-corrected chi connectivity index (χ3v) is 4.60. The Morgan fingerprint density at radius 3 is 2.53 bits per heavy atom. The highest BCUT2D eigenvalue weighted by Crippen LogP contribution is 2.31. The smallest absolute Gasteiger partial charge is 0.138 e. The van der Waals surface area contributed by atoms with E-state index in [0.717, 1.165) is 4.47 Å². The number of hydrogen-bond donors (Lipinski definition) is 1. The van der Waals surface area contributed by atoms with Crippen molar-refractivity contribution in [2.45, 2.75) is 45.2 Å². The molecule has 3 nitrogen and oxygen atoms in total. The summed E-state index contributed by atoms with van der Waals surface area (Å²) >= 11 is 6.75. The lowest BCUT2D eigenvalue weighted by atomic mass is 10.00. The topological polar surface area (TPSA) is 35.8 Å². The van der Waals surface area contributed by atoms with E-state index in [9.17, 15) is 5.11 Å². The first kappa shape index (κ1) is 14.9. The lowest BCUT2D eigenvalue weighted by molar-refractivity contribution is 0.109. The fraction of sp³-hybridized carbons (Fsp3) is 0.500. The third kappa shape index (κ3) is 3.51. The van der Waals surface area contributed by atoms with Crippen LogP contribution in [0.2, 0.25) is 0 Å². The zero-order chi connectivity index (χ0) is 14.0. The Hall–Kier alpha value is -0.550. The van der Waals surface area contributed by atoms with Crippen LogP contribution in [0.1, 0.15) is 38.7 Å². The van der Waals surface area contributed by atoms with E-state index in [-0.39, 0.29) is 5.75 Å². The number of halogens is 2. The molecule has 1 aromatic rings. The molecule has 104 valence electrons. The summed E-state index contributed by atoms with van der Waals surface area (Å²) in [6.07, 6.45) is 5.36. The van der Waals surface area contributed by atoms with Crippen molar-refractivity contribution in [3.63, 3.8) is 0 Å². The molecule has 5 heteroatoms. The molecule has 0 spiro atoms. The van der Waals surface area contributed by atoms with Crippen LogP contribution in [0.5, 0.6) is 5.75 Å². The molecular weight excluding hydrogens is 372 g/mol. The number of piperidine rings is 1. The van der Waals surface area contributed by atoms with E-state index in [1.807, 2.05) is 12.1 Å². The minimum absolute atomic E-state index is 0.226. The number of hydrazone groups is 1. The van der Waals surface area contributed by atoms with Crippen LogP contribution < -0.4 is 0 Å². The quantitative estimate of drug-likeness (QED) is 0.755. The van der Waals surface area contributed by atoms with Gasteiger partial charge in [0.05, 0.1) is 10.7 Å². The summed E-state index contributed by atoms with van der Waals surface area (Å²) in [6.45, 7) is 4.40. The molecule has 0 aromatic heterocycles. The SMILES string of the molecule is C[C@@H]1CCC[C@H](C)N1/N=C/c1cc(Br)cc(Br)c1O. The molecule has 2 atom stereocenters. The molecule has 0 saturated carbocycles. The van der Waals surface area contributed by atoms with Crippen molar-refractivity contribution >= 4 is 38.1 Å². The first-order valence-electron chi connectivity index (χ1n) is 6.49. The van der Waals surface area contributed by atoms with Crippen LogP contribution in [-0.4, -0.2) is 28.4 Å². The fourth-order valence-corrected chi connectivity index (χ4v) is 3.71. The molecule has 1 aliphatic rings. The van der Waals surface area contributed by atoms with E-state index in [2.05, 4.69) is 55.8 Å². The molecule has 1 aromatic carbocycles. The van der Waals surface area contributed by atoms with Crippen molar-refractivity contribution in [2.75, 3.05) is 0 Å². The molecule has 0 bridgehead atoms. The second-order valence-corrected chi connectivity index (χ2v) is 6.85. The third-order valence-electron chi connectivity index (χ3n) is 3.53. The van der Waals surface area contributed by atoms with Crippen LogP contribution in [0, 0.1) is 0 Å². The van der Waals surface area contributed by atoms with Gasteiger partial charge in [-0.3, -0.25) is 5.01 Å². The standard InChI is InChI=1S/C14H18Br2N2O/c1-9-4-3-5-10(2)18(9)17-8-11-6-12(15)7-13(16)14(11)19/h6-10,19H,3-5H2,1-2H3/b17-8+/t9-,10+. The van der Waals surface area contributed by atoms with Gasteiger partial charge in [0, 0.05) is 22.1 Å². The van der Waals surface area contributed by atoms with Gasteiger partial charge in [0.25, 0.3) is 0 Å². The normalized spacial score (nSPS) is 24.1. The summed E-state index contributed by atoms with van der Waals surface area (Å²) in [7, 11) is 0. The van der Waals surface area contributed by atoms with E-state index in [1.54, 1.807) is 6.21 Å². The van der Waals surface area contributed by atoms with Gasteiger partial charge >= 0.3 is 0 Å². The molecule has 0 aliphatic carbocycles. The molecule has 1 saturated heterocycles. The number of rotatable bonds is 2. The summed E-state index contributed by atoms with van der Waals surface area (Å²) in [5.41, 5.74) is 0.714. The number of phenols is 1. The lowest BCUT2D eigenvalue weighted by Gasteiger charge is -2.36. The summed E-state index contributed by atoms with van der Waals surface area (Å²) in [5, 5.41) is 16.7. The molecule has 1 heterocycles. The lowest BCUT2D eigenvalue weighted by Crippen LogP contribution is -2.39. The first-order valence-corrected chi connectivity index (χ1v) is 8.08. The van der Waals surface area contributed by atoms with E-state index in [4.69, 9.17) is 0 Å². The van der Waals surface area contributed by atoms with Crippen LogP contribution in [0.4, 0.5) is 0 Å². The van der Waals surface area contributed by atoms with Gasteiger partial charge < -0.3 is 5.11 Å². The average molecular weight is 390 g/mol. The van der Waals surface area contributed by atoms with Crippen molar-refractivity contribution < 1.29 is 5.11 Å². The highest BCUT2D eigenvalue weighted by atomic mass is 79.9. The van der Waals surface area contributed by atoms with Gasteiger partial charge in [0.2, 0.25) is 0 Å². The second-order valence-electron chi connectivity index (χ2n) is 5.08. The summed E-state index contributed by atoms with van der Waals surface area (Å²) in [5.74, 6) is 0.226. The molecule has 19 heavy (non-hydrogen) atoms. The Morgan fingerprint density at radius 1 is 1.26 bits per heavy atom. The molecule has 0 radical (unpaired) electrons. The Kier molecular flexibility index (Phi) is 4.90. The van der Waals surface area contributed by atoms with E-state index in [0.29, 0.717) is 22.1 Å². The summed E-state index contributed by atoms with van der Waals surface area (Å²) < 4.78 is 1.58. The van der Waals surface area contributed by atoms with Crippen LogP contribution in [0.3, 0.4) is 0 Å². The van der Waals surface area contributed by atoms with Gasteiger partial charge in [-0.2, -0.15) is 5.10 Å². The highest BCUT2D eigenvalue weighted by molar-refractivity contribution is 9.11. The van der Waals surface area contributed by atoms with E-state index >= 15 is 0 Å². The summed E-state index contributed by atoms with van der Waals surface area (Å²) in [6, 6.07) is 4.59. The maximum Gasteiger partial charge on any atom is 0.138 e. The first-order chi connectivity index (χ1) is 8.99. The Balaban J connectivity index is 2.22. The van der Waals surface area contributed by atoms with E-state index < -0.39 is 0 Å². The highest BCUT2D eigenvalue weighted by Gasteiger charge is 2.22. The van der Waals surface area contributed by atoms with Crippen molar-refractivity contribution in [1.29, 1.82) is 0 Å². The minimum Gasteiger partial charge on any atom is -0.506 e. The minimum atomic E-state index is 0.226. The Bertz CT molecular complexity index is 481. The van der Waals surface area contributed by atoms with Crippen molar-refractivity contribution in [2.24, 2.45) is 5.10 Å². The van der Waals surface area contributed by atoms with Gasteiger partial charge in [0.15, 0.2) is 0 Å². The fourth-order valence-electron chi connectivity index (χ4n) is 2.45. The van der Waals surface area contributed by atoms with Gasteiger partial charge in [-0.05, 0) is 61.2 Å². The average Bonchev–Trinajstić information content (AvgIpc) is 2.34. The summed E-state index contributed by atoms with van der Waals surface area (Å²) in [4.78, 5) is 0. The van der Waals surface area contributed by atoms with Crippen molar-refractivity contribution in [3.05, 3.63) is 26.6 Å². The zero-order valence-corrected chi connectivity index (χ0v) is 14.3. The maximum atomic E-state index is 10.0. The molecule has 2 rings (SSSR count). The maximum absolute atomic E-state index is 10.0. The molecule has 0 amide bonds. The molecule has 1 N–H and O–H groups in total. The van der Waals surface area contributed by atoms with Crippen LogP contribution in [0.25, 0.3) is 0 Å². The van der Waals surface area contributed by atoms with Crippen molar-refractivity contribution in [3.8, 4) is 5.75 Å². The van der Waals surface area contributed by atoms with Gasteiger partial charge in [-0.1, -0.05) is 15.9 Å². The predicted octanol–water partition coefficient (Wildman–Crippen LogP) is 4.51. The van der Waals surface area contributed by atoms with Gasteiger partial charge in [0.1, 0.15) is 5.75 Å². The molecule has 0 unspecified atom stereocenters. The van der Waals surface area contributed by atoms with E-state index in [1.165, 1.54) is 19.3 Å². The van der Waals surface area contributed by atoms with Crippen LogP contribution in [-0.2, 0) is 0 Å². The van der Waals surface area contributed by atoms with Crippen LogP contribution in [0.15, 0.2) is 26.2 Å². The van der Waals surface area contributed by atoms with Crippen molar-refractivity contribution in [1.82, 2.24) is 5.01 Å².